The Kier molecular flexibility index (Phi) is 3.78. The van der Waals surface area contributed by atoms with E-state index in [0.29, 0.717) is 12.2 Å². The number of halogens is 2. The molecular formula is C12H13BrFNOS. The summed E-state index contributed by atoms with van der Waals surface area (Å²) in [5.74, 6) is 0.146. The Balaban J connectivity index is 2.00. The lowest BCUT2D eigenvalue weighted by Crippen LogP contribution is -2.18. The normalized spacial score (nSPS) is 16.6. The van der Waals surface area contributed by atoms with Crippen LogP contribution in [0.3, 0.4) is 0 Å². The summed E-state index contributed by atoms with van der Waals surface area (Å²) >= 11 is 7.48. The summed E-state index contributed by atoms with van der Waals surface area (Å²) in [6.07, 6.45) is 2.48. The number of anilines is 1. The summed E-state index contributed by atoms with van der Waals surface area (Å²) in [6, 6.07) is 4.49. The minimum absolute atomic E-state index is 0.0513. The lowest BCUT2D eigenvalue weighted by Gasteiger charge is -2.12. The zero-order valence-corrected chi connectivity index (χ0v) is 11.7. The van der Waals surface area contributed by atoms with E-state index in [9.17, 15) is 9.18 Å². The zero-order valence-electron chi connectivity index (χ0n) is 9.17. The SMILES string of the molecule is O=C(CC1(CS)CC1)Nc1cc(Br)ccc1F. The molecule has 0 heterocycles. The third kappa shape index (κ3) is 3.22. The molecule has 1 aromatic rings. The first-order valence-corrected chi connectivity index (χ1v) is 6.83. The molecule has 2 nitrogen and oxygen atoms in total. The van der Waals surface area contributed by atoms with Gasteiger partial charge in [-0.25, -0.2) is 4.39 Å². The zero-order chi connectivity index (χ0) is 12.5. The smallest absolute Gasteiger partial charge is 0.225 e. The summed E-state index contributed by atoms with van der Waals surface area (Å²) < 4.78 is 14.2. The summed E-state index contributed by atoms with van der Waals surface area (Å²) in [4.78, 5) is 11.8. The van der Waals surface area contributed by atoms with Gasteiger partial charge in [0.05, 0.1) is 5.69 Å². The Hall–Kier alpha value is -0.550. The molecule has 0 bridgehead atoms. The third-order valence-corrected chi connectivity index (χ3v) is 4.19. The van der Waals surface area contributed by atoms with E-state index >= 15 is 0 Å². The van der Waals surface area contributed by atoms with Gasteiger partial charge in [0.15, 0.2) is 0 Å². The lowest BCUT2D eigenvalue weighted by atomic mass is 10.1. The predicted molar refractivity (Wildman–Crippen MR) is 72.9 cm³/mol. The minimum Gasteiger partial charge on any atom is -0.324 e. The number of carbonyl (C=O) groups excluding carboxylic acids is 1. The first-order valence-electron chi connectivity index (χ1n) is 5.40. The van der Waals surface area contributed by atoms with Gasteiger partial charge in [0.1, 0.15) is 5.82 Å². The molecular weight excluding hydrogens is 305 g/mol. The van der Waals surface area contributed by atoms with E-state index in [4.69, 9.17) is 0 Å². The average molecular weight is 318 g/mol. The van der Waals surface area contributed by atoms with Crippen LogP contribution in [0.15, 0.2) is 22.7 Å². The van der Waals surface area contributed by atoms with Crippen LogP contribution in [0.25, 0.3) is 0 Å². The van der Waals surface area contributed by atoms with Crippen molar-refractivity contribution >= 4 is 40.2 Å². The summed E-state index contributed by atoms with van der Waals surface area (Å²) in [7, 11) is 0. The lowest BCUT2D eigenvalue weighted by molar-refractivity contribution is -0.117. The molecule has 0 saturated heterocycles. The maximum absolute atomic E-state index is 13.4. The maximum Gasteiger partial charge on any atom is 0.225 e. The molecule has 92 valence electrons. The molecule has 1 saturated carbocycles. The highest BCUT2D eigenvalue weighted by molar-refractivity contribution is 9.10. The number of amides is 1. The molecule has 1 aliphatic carbocycles. The number of benzene rings is 1. The summed E-state index contributed by atoms with van der Waals surface area (Å²) in [5.41, 5.74) is 0.273. The van der Waals surface area contributed by atoms with Gasteiger partial charge in [-0.3, -0.25) is 4.79 Å². The number of hydrogen-bond acceptors (Lipinski definition) is 2. The van der Waals surface area contributed by atoms with Crippen LogP contribution in [0, 0.1) is 11.2 Å². The standard InChI is InChI=1S/C12H13BrFNOS/c13-8-1-2-9(14)10(5-8)15-11(16)6-12(7-17)3-4-12/h1-2,5,17H,3-4,6-7H2,(H,15,16). The van der Waals surface area contributed by atoms with Gasteiger partial charge in [0.25, 0.3) is 0 Å². The van der Waals surface area contributed by atoms with E-state index in [-0.39, 0.29) is 17.0 Å². The number of hydrogen-bond donors (Lipinski definition) is 2. The molecule has 0 spiro atoms. The van der Waals surface area contributed by atoms with Crippen LogP contribution in [0.1, 0.15) is 19.3 Å². The summed E-state index contributed by atoms with van der Waals surface area (Å²) in [5, 5.41) is 2.60. The Labute approximate surface area is 114 Å². The first kappa shape index (κ1) is 12.9. The topological polar surface area (TPSA) is 29.1 Å². The van der Waals surface area contributed by atoms with E-state index in [2.05, 4.69) is 33.9 Å². The van der Waals surface area contributed by atoms with Gasteiger partial charge in [-0.2, -0.15) is 12.6 Å². The highest BCUT2D eigenvalue weighted by atomic mass is 79.9. The third-order valence-electron chi connectivity index (χ3n) is 3.03. The molecule has 5 heteroatoms. The molecule has 1 N–H and O–H groups in total. The van der Waals surface area contributed by atoms with Gasteiger partial charge in [0, 0.05) is 10.9 Å². The monoisotopic (exact) mass is 317 g/mol. The van der Waals surface area contributed by atoms with Gasteiger partial charge in [-0.15, -0.1) is 0 Å². The van der Waals surface area contributed by atoms with Crippen LogP contribution in [0.2, 0.25) is 0 Å². The van der Waals surface area contributed by atoms with Gasteiger partial charge in [0.2, 0.25) is 5.91 Å². The molecule has 0 radical (unpaired) electrons. The van der Waals surface area contributed by atoms with Crippen LogP contribution >= 0.6 is 28.6 Å². The van der Waals surface area contributed by atoms with Crippen LogP contribution in [0.5, 0.6) is 0 Å². The molecule has 0 aromatic heterocycles. The predicted octanol–water partition coefficient (Wildman–Crippen LogP) is 3.63. The molecule has 2 rings (SSSR count). The number of rotatable bonds is 4. The van der Waals surface area contributed by atoms with Crippen LogP contribution in [0.4, 0.5) is 10.1 Å². The molecule has 17 heavy (non-hydrogen) atoms. The van der Waals surface area contributed by atoms with Crippen LogP contribution in [-0.4, -0.2) is 11.7 Å². The van der Waals surface area contributed by atoms with Crippen molar-refractivity contribution in [2.75, 3.05) is 11.1 Å². The van der Waals surface area contributed by atoms with Crippen molar-refractivity contribution in [2.45, 2.75) is 19.3 Å². The van der Waals surface area contributed by atoms with Crippen molar-refractivity contribution in [3.8, 4) is 0 Å². The molecule has 0 unspecified atom stereocenters. The first-order chi connectivity index (χ1) is 8.04. The average Bonchev–Trinajstić information content (AvgIpc) is 3.04. The maximum atomic E-state index is 13.4. The van der Waals surface area contributed by atoms with Gasteiger partial charge < -0.3 is 5.32 Å². The van der Waals surface area contributed by atoms with Crippen molar-refractivity contribution in [3.63, 3.8) is 0 Å². The quantitative estimate of drug-likeness (QED) is 0.816. The molecule has 1 aliphatic rings. The Morgan fingerprint density at radius 1 is 1.53 bits per heavy atom. The molecule has 1 amide bonds. The highest BCUT2D eigenvalue weighted by Gasteiger charge is 2.42. The van der Waals surface area contributed by atoms with Crippen molar-refractivity contribution in [1.82, 2.24) is 0 Å². The number of carbonyl (C=O) groups is 1. The van der Waals surface area contributed by atoms with E-state index in [1.165, 1.54) is 6.07 Å². The number of nitrogens with one attached hydrogen (secondary N) is 1. The van der Waals surface area contributed by atoms with Gasteiger partial charge >= 0.3 is 0 Å². The molecule has 1 fully saturated rings. The Morgan fingerprint density at radius 2 is 2.24 bits per heavy atom. The Morgan fingerprint density at radius 3 is 2.82 bits per heavy atom. The van der Waals surface area contributed by atoms with E-state index in [1.54, 1.807) is 12.1 Å². The fourth-order valence-corrected chi connectivity index (χ4v) is 2.48. The fraction of sp³-hybridized carbons (Fsp3) is 0.417. The van der Waals surface area contributed by atoms with Crippen molar-refractivity contribution in [2.24, 2.45) is 5.41 Å². The van der Waals surface area contributed by atoms with E-state index in [1.807, 2.05) is 0 Å². The van der Waals surface area contributed by atoms with Crippen molar-refractivity contribution < 1.29 is 9.18 Å². The molecule has 0 aliphatic heterocycles. The van der Waals surface area contributed by atoms with Gasteiger partial charge in [-0.1, -0.05) is 15.9 Å². The van der Waals surface area contributed by atoms with E-state index in [0.717, 1.165) is 17.3 Å². The van der Waals surface area contributed by atoms with E-state index < -0.39 is 5.82 Å². The van der Waals surface area contributed by atoms with Crippen LogP contribution in [-0.2, 0) is 4.79 Å². The largest absolute Gasteiger partial charge is 0.324 e. The number of thiol groups is 1. The highest BCUT2D eigenvalue weighted by Crippen LogP contribution is 2.49. The van der Waals surface area contributed by atoms with Gasteiger partial charge in [-0.05, 0) is 42.2 Å². The summed E-state index contributed by atoms with van der Waals surface area (Å²) in [6.45, 7) is 0. The minimum atomic E-state index is -0.419. The van der Waals surface area contributed by atoms with Crippen molar-refractivity contribution in [3.05, 3.63) is 28.5 Å². The van der Waals surface area contributed by atoms with Crippen molar-refractivity contribution in [1.29, 1.82) is 0 Å². The Bertz CT molecular complexity index is 448. The fourth-order valence-electron chi connectivity index (χ4n) is 1.70. The molecule has 0 atom stereocenters. The molecule has 1 aromatic carbocycles. The second-order valence-corrected chi connectivity index (χ2v) is 5.74. The second kappa shape index (κ2) is 4.98. The second-order valence-electron chi connectivity index (χ2n) is 4.51. The van der Waals surface area contributed by atoms with Crippen LogP contribution < -0.4 is 5.32 Å².